The quantitative estimate of drug-likeness (QED) is 0.894. The van der Waals surface area contributed by atoms with E-state index in [0.717, 1.165) is 50.3 Å². The summed E-state index contributed by atoms with van der Waals surface area (Å²) >= 11 is 0. The topological polar surface area (TPSA) is 89.3 Å². The van der Waals surface area contributed by atoms with Crippen LogP contribution < -0.4 is 10.5 Å². The van der Waals surface area contributed by atoms with Crippen LogP contribution in [0, 0.1) is 11.7 Å². The van der Waals surface area contributed by atoms with Gasteiger partial charge in [-0.05, 0) is 31.0 Å². The van der Waals surface area contributed by atoms with Crippen molar-refractivity contribution in [3.63, 3.8) is 0 Å². The number of hydrogen-bond donors (Lipinski definition) is 2. The van der Waals surface area contributed by atoms with Crippen LogP contribution in [-0.4, -0.2) is 14.3 Å². The molecule has 0 spiro atoms. The minimum Gasteiger partial charge on any atom is -0.323 e. The van der Waals surface area contributed by atoms with E-state index in [-0.39, 0.29) is 22.4 Å². The van der Waals surface area contributed by atoms with E-state index >= 15 is 0 Å². The highest BCUT2D eigenvalue weighted by Crippen LogP contribution is 2.26. The van der Waals surface area contributed by atoms with Crippen molar-refractivity contribution in [2.24, 2.45) is 11.1 Å². The van der Waals surface area contributed by atoms with E-state index in [9.17, 15) is 17.6 Å². The molecule has 20 heavy (non-hydrogen) atoms. The second-order valence-electron chi connectivity index (χ2n) is 5.01. The Morgan fingerprint density at radius 3 is 2.50 bits per heavy atom. The fourth-order valence-corrected chi connectivity index (χ4v) is 2.92. The number of halogens is 1. The Labute approximate surface area is 117 Å². The number of hydrogen-bond acceptors (Lipinski definition) is 3. The largest absolute Gasteiger partial charge is 0.323 e. The molecule has 3 N–H and O–H groups in total. The molecule has 0 aliphatic heterocycles. The highest BCUT2D eigenvalue weighted by atomic mass is 32.2. The Bertz CT molecular complexity index is 610. The molecule has 0 radical (unpaired) electrons. The molecule has 0 unspecified atom stereocenters. The number of benzene rings is 1. The van der Waals surface area contributed by atoms with Gasteiger partial charge in [0.2, 0.25) is 15.9 Å². The number of sulfonamides is 1. The van der Waals surface area contributed by atoms with Crippen LogP contribution in [0.1, 0.15) is 32.1 Å². The molecule has 2 rings (SSSR count). The van der Waals surface area contributed by atoms with E-state index in [4.69, 9.17) is 5.14 Å². The zero-order chi connectivity index (χ0) is 14.8. The maximum Gasteiger partial charge on any atom is 0.238 e. The smallest absolute Gasteiger partial charge is 0.238 e. The predicted molar refractivity (Wildman–Crippen MR) is 73.0 cm³/mol. The monoisotopic (exact) mass is 300 g/mol. The number of carbonyl (C=O) groups excluding carboxylic acids is 1. The molecule has 0 saturated heterocycles. The van der Waals surface area contributed by atoms with Crippen molar-refractivity contribution in [2.45, 2.75) is 37.0 Å². The van der Waals surface area contributed by atoms with Gasteiger partial charge in [-0.3, -0.25) is 4.79 Å². The second kappa shape index (κ2) is 5.88. The summed E-state index contributed by atoms with van der Waals surface area (Å²) in [5.74, 6) is -1.09. The van der Waals surface area contributed by atoms with Crippen LogP contribution in [0.15, 0.2) is 23.1 Å². The van der Waals surface area contributed by atoms with E-state index in [1.807, 2.05) is 0 Å². The number of primary sulfonamides is 1. The molecule has 5 nitrogen and oxygen atoms in total. The highest BCUT2D eigenvalue weighted by Gasteiger charge is 2.22. The maximum absolute atomic E-state index is 13.6. The minimum absolute atomic E-state index is 0.138. The van der Waals surface area contributed by atoms with Gasteiger partial charge in [0.05, 0.1) is 10.6 Å². The van der Waals surface area contributed by atoms with E-state index in [1.54, 1.807) is 0 Å². The first kappa shape index (κ1) is 14.9. The summed E-state index contributed by atoms with van der Waals surface area (Å²) in [5, 5.41) is 7.44. The number of nitrogens with two attached hydrogens (primary N) is 1. The summed E-state index contributed by atoms with van der Waals surface area (Å²) in [7, 11) is -3.92. The van der Waals surface area contributed by atoms with Gasteiger partial charge in [0.25, 0.3) is 0 Å². The average Bonchev–Trinajstić information content (AvgIpc) is 2.41. The van der Waals surface area contributed by atoms with Crippen LogP contribution in [0.5, 0.6) is 0 Å². The van der Waals surface area contributed by atoms with Gasteiger partial charge in [0.1, 0.15) is 5.82 Å². The molecule has 0 bridgehead atoms. The lowest BCUT2D eigenvalue weighted by Gasteiger charge is -2.21. The molecule has 0 aromatic heterocycles. The summed E-state index contributed by atoms with van der Waals surface area (Å²) in [6.07, 6.45) is 4.64. The standard InChI is InChI=1S/C13H17FN2O3S/c14-11-7-6-10(20(15,18)19)8-12(11)16-13(17)9-4-2-1-3-5-9/h6-9H,1-5H2,(H,16,17)(H2,15,18,19). The molecule has 0 heterocycles. The third-order valence-corrected chi connectivity index (χ3v) is 4.41. The van der Waals surface area contributed by atoms with Crippen LogP contribution in [0.25, 0.3) is 0 Å². The van der Waals surface area contributed by atoms with Gasteiger partial charge in [-0.1, -0.05) is 19.3 Å². The van der Waals surface area contributed by atoms with Crippen molar-refractivity contribution in [2.75, 3.05) is 5.32 Å². The van der Waals surface area contributed by atoms with Gasteiger partial charge >= 0.3 is 0 Å². The molecule has 1 saturated carbocycles. The van der Waals surface area contributed by atoms with E-state index < -0.39 is 15.8 Å². The summed E-state index contributed by atoms with van der Waals surface area (Å²) in [6, 6.07) is 3.10. The van der Waals surface area contributed by atoms with Crippen molar-refractivity contribution < 1.29 is 17.6 Å². The maximum atomic E-state index is 13.6. The fraction of sp³-hybridized carbons (Fsp3) is 0.462. The number of rotatable bonds is 3. The zero-order valence-electron chi connectivity index (χ0n) is 10.9. The lowest BCUT2D eigenvalue weighted by Crippen LogP contribution is -2.25. The summed E-state index contributed by atoms with van der Waals surface area (Å²) in [5.41, 5.74) is -0.146. The fourth-order valence-electron chi connectivity index (χ4n) is 2.38. The van der Waals surface area contributed by atoms with Crippen LogP contribution in [-0.2, 0) is 14.8 Å². The number of nitrogens with one attached hydrogen (secondary N) is 1. The lowest BCUT2D eigenvalue weighted by molar-refractivity contribution is -0.120. The highest BCUT2D eigenvalue weighted by molar-refractivity contribution is 7.89. The van der Waals surface area contributed by atoms with Crippen LogP contribution in [0.3, 0.4) is 0 Å². The first-order chi connectivity index (χ1) is 9.38. The molecule has 1 aliphatic rings. The van der Waals surface area contributed by atoms with E-state index in [2.05, 4.69) is 5.32 Å². The molecule has 1 fully saturated rings. The Hall–Kier alpha value is -1.47. The Morgan fingerprint density at radius 2 is 1.90 bits per heavy atom. The first-order valence-corrected chi connectivity index (χ1v) is 8.06. The van der Waals surface area contributed by atoms with Crippen LogP contribution in [0.4, 0.5) is 10.1 Å². The third kappa shape index (κ3) is 3.55. The van der Waals surface area contributed by atoms with Crippen molar-refractivity contribution in [3.8, 4) is 0 Å². The van der Waals surface area contributed by atoms with Crippen molar-refractivity contribution in [3.05, 3.63) is 24.0 Å². The summed E-state index contributed by atoms with van der Waals surface area (Å²) in [4.78, 5) is 11.8. The average molecular weight is 300 g/mol. The molecule has 1 aliphatic carbocycles. The summed E-state index contributed by atoms with van der Waals surface area (Å²) < 4.78 is 36.1. The number of amides is 1. The summed E-state index contributed by atoms with van der Waals surface area (Å²) in [6.45, 7) is 0. The minimum atomic E-state index is -3.92. The number of carbonyl (C=O) groups is 1. The Kier molecular flexibility index (Phi) is 4.39. The van der Waals surface area contributed by atoms with Gasteiger partial charge in [-0.25, -0.2) is 17.9 Å². The molecule has 1 amide bonds. The second-order valence-corrected chi connectivity index (χ2v) is 6.57. The normalized spacial score (nSPS) is 16.9. The van der Waals surface area contributed by atoms with Crippen LogP contribution >= 0.6 is 0 Å². The van der Waals surface area contributed by atoms with Crippen molar-refractivity contribution in [1.29, 1.82) is 0 Å². The van der Waals surface area contributed by atoms with E-state index in [0.29, 0.717) is 0 Å². The molecular weight excluding hydrogens is 283 g/mol. The van der Waals surface area contributed by atoms with Crippen molar-refractivity contribution >= 4 is 21.6 Å². The number of anilines is 1. The Morgan fingerprint density at radius 1 is 1.25 bits per heavy atom. The molecule has 1 aromatic carbocycles. The third-order valence-electron chi connectivity index (χ3n) is 3.50. The van der Waals surface area contributed by atoms with Gasteiger partial charge in [0.15, 0.2) is 0 Å². The molecule has 0 atom stereocenters. The predicted octanol–water partition coefficient (Wildman–Crippen LogP) is 1.99. The molecule has 1 aromatic rings. The van der Waals surface area contributed by atoms with Gasteiger partial charge in [-0.2, -0.15) is 0 Å². The zero-order valence-corrected chi connectivity index (χ0v) is 11.7. The molecule has 7 heteroatoms. The SMILES string of the molecule is NS(=O)(=O)c1ccc(F)c(NC(=O)C2CCCCC2)c1. The molecular formula is C13H17FN2O3S. The van der Waals surface area contributed by atoms with Gasteiger partial charge in [-0.15, -0.1) is 0 Å². The van der Waals surface area contributed by atoms with Crippen LogP contribution in [0.2, 0.25) is 0 Å². The van der Waals surface area contributed by atoms with E-state index in [1.165, 1.54) is 0 Å². The first-order valence-electron chi connectivity index (χ1n) is 6.51. The van der Waals surface area contributed by atoms with Crippen molar-refractivity contribution in [1.82, 2.24) is 0 Å². The van der Waals surface area contributed by atoms with Gasteiger partial charge < -0.3 is 5.32 Å². The lowest BCUT2D eigenvalue weighted by atomic mass is 9.88. The Balaban J connectivity index is 2.18. The van der Waals surface area contributed by atoms with Gasteiger partial charge in [0, 0.05) is 5.92 Å². The molecule has 110 valence electrons.